The van der Waals surface area contributed by atoms with E-state index in [1.807, 2.05) is 6.92 Å². The van der Waals surface area contributed by atoms with Crippen LogP contribution in [-0.2, 0) is 0 Å². The van der Waals surface area contributed by atoms with Crippen LogP contribution < -0.4 is 22.3 Å². The summed E-state index contributed by atoms with van der Waals surface area (Å²) < 4.78 is 29.4. The number of hydrogen-bond acceptors (Lipinski definition) is 6. The van der Waals surface area contributed by atoms with Gasteiger partial charge in [0.15, 0.2) is 0 Å². The Morgan fingerprint density at radius 3 is 2.53 bits per heavy atom. The average molecular weight is 482 g/mol. The molecular formula is C23H18ClF2N7O. The van der Waals surface area contributed by atoms with Gasteiger partial charge in [0.1, 0.15) is 23.3 Å². The zero-order valence-electron chi connectivity index (χ0n) is 17.8. The van der Waals surface area contributed by atoms with Crippen molar-refractivity contribution in [2.24, 2.45) is 0 Å². The molecule has 0 amide bonds. The van der Waals surface area contributed by atoms with Crippen molar-refractivity contribution in [3.63, 3.8) is 0 Å². The fraction of sp³-hybridized carbons (Fsp3) is 0.130. The first-order valence-electron chi connectivity index (χ1n) is 10.1. The minimum Gasteiger partial charge on any atom is -0.392 e. The van der Waals surface area contributed by atoms with E-state index >= 15 is 0 Å². The number of halogens is 3. The maximum atomic E-state index is 14.1. The summed E-state index contributed by atoms with van der Waals surface area (Å²) in [4.78, 5) is 24.8. The Balaban J connectivity index is 2.01. The smallest absolute Gasteiger partial charge is 0.268 e. The Morgan fingerprint density at radius 1 is 1.18 bits per heavy atom. The highest BCUT2D eigenvalue weighted by atomic mass is 35.5. The molecule has 4 aromatic rings. The molecule has 0 bridgehead atoms. The molecule has 4 rings (SSSR count). The Morgan fingerprint density at radius 2 is 1.88 bits per heavy atom. The van der Waals surface area contributed by atoms with E-state index in [0.717, 1.165) is 12.1 Å². The summed E-state index contributed by atoms with van der Waals surface area (Å²) in [6.07, 6.45) is 0.393. The molecule has 8 nitrogen and oxygen atoms in total. The molecule has 0 saturated carbocycles. The van der Waals surface area contributed by atoms with Gasteiger partial charge in [-0.15, -0.1) is 0 Å². The van der Waals surface area contributed by atoms with Crippen molar-refractivity contribution < 1.29 is 8.78 Å². The van der Waals surface area contributed by atoms with E-state index in [0.29, 0.717) is 23.6 Å². The lowest BCUT2D eigenvalue weighted by Crippen LogP contribution is -2.27. The minimum atomic E-state index is -0.847. The minimum absolute atomic E-state index is 0.0216. The van der Waals surface area contributed by atoms with Crippen molar-refractivity contribution in [1.82, 2.24) is 14.5 Å². The van der Waals surface area contributed by atoms with Crippen LogP contribution in [0.1, 0.15) is 25.1 Å². The predicted molar refractivity (Wildman–Crippen MR) is 128 cm³/mol. The van der Waals surface area contributed by atoms with Gasteiger partial charge in [-0.05, 0) is 36.1 Å². The van der Waals surface area contributed by atoms with Gasteiger partial charge in [-0.3, -0.25) is 9.36 Å². The lowest BCUT2D eigenvalue weighted by atomic mass is 10.0. The van der Waals surface area contributed by atoms with Crippen LogP contribution in [0.3, 0.4) is 0 Å². The number of anilines is 3. The second kappa shape index (κ2) is 8.96. The molecule has 0 aliphatic rings. The molecule has 0 saturated heterocycles. The van der Waals surface area contributed by atoms with Crippen LogP contribution in [-0.4, -0.2) is 14.5 Å². The fourth-order valence-electron chi connectivity index (χ4n) is 3.78. The van der Waals surface area contributed by atoms with Crippen LogP contribution in [0.4, 0.5) is 32.1 Å². The van der Waals surface area contributed by atoms with E-state index in [1.54, 1.807) is 24.3 Å². The number of fused-ring (bicyclic) bond motifs is 1. The van der Waals surface area contributed by atoms with E-state index in [2.05, 4.69) is 20.1 Å². The number of hydrogen-bond donors (Lipinski definition) is 3. The van der Waals surface area contributed by atoms with Crippen molar-refractivity contribution in [1.29, 1.82) is 0 Å². The highest BCUT2D eigenvalue weighted by Gasteiger charge is 2.23. The van der Waals surface area contributed by atoms with Gasteiger partial charge in [-0.25, -0.2) is 23.6 Å². The van der Waals surface area contributed by atoms with Crippen LogP contribution in [0.25, 0.3) is 21.3 Å². The number of nitrogens with one attached hydrogen (secondary N) is 1. The molecule has 1 atom stereocenters. The summed E-state index contributed by atoms with van der Waals surface area (Å²) in [5.74, 6) is -1.87. The number of aromatic nitrogens is 3. The number of pyridine rings is 1. The first-order valence-corrected chi connectivity index (χ1v) is 10.5. The molecule has 0 aliphatic heterocycles. The SMILES string of the molecule is [C-]#[N+]c1c(N)nc(N)nc1N[C@@H](CC)c1cc2cccc(Cl)c2c(=O)n1-c1cc(F)cc(F)c1. The molecule has 5 N–H and O–H groups in total. The summed E-state index contributed by atoms with van der Waals surface area (Å²) in [5.41, 5.74) is 11.3. The van der Waals surface area contributed by atoms with E-state index in [1.165, 1.54) is 4.57 Å². The molecule has 0 unspecified atom stereocenters. The van der Waals surface area contributed by atoms with Gasteiger partial charge in [-0.1, -0.05) is 30.7 Å². The molecule has 0 spiro atoms. The van der Waals surface area contributed by atoms with E-state index in [-0.39, 0.29) is 39.4 Å². The Kier molecular flexibility index (Phi) is 6.04. The zero-order valence-corrected chi connectivity index (χ0v) is 18.6. The highest BCUT2D eigenvalue weighted by molar-refractivity contribution is 6.35. The zero-order chi connectivity index (χ0) is 24.6. The molecule has 2 aromatic carbocycles. The molecular weight excluding hydrogens is 464 g/mol. The normalized spacial score (nSPS) is 11.9. The van der Waals surface area contributed by atoms with Crippen LogP contribution in [0.15, 0.2) is 47.3 Å². The van der Waals surface area contributed by atoms with Crippen molar-refractivity contribution in [3.05, 3.63) is 86.6 Å². The van der Waals surface area contributed by atoms with Crippen LogP contribution in [0.2, 0.25) is 5.02 Å². The van der Waals surface area contributed by atoms with Gasteiger partial charge in [0.2, 0.25) is 5.95 Å². The summed E-state index contributed by atoms with van der Waals surface area (Å²) in [6, 6.07) is 8.83. The molecule has 2 aromatic heterocycles. The maximum absolute atomic E-state index is 14.1. The Hall–Kier alpha value is -4.23. The lowest BCUT2D eigenvalue weighted by molar-refractivity contribution is 0.579. The molecule has 0 fully saturated rings. The third-order valence-electron chi connectivity index (χ3n) is 5.25. The van der Waals surface area contributed by atoms with Crippen LogP contribution >= 0.6 is 11.6 Å². The van der Waals surface area contributed by atoms with Gasteiger partial charge in [0.05, 0.1) is 28.7 Å². The van der Waals surface area contributed by atoms with E-state index in [9.17, 15) is 13.6 Å². The van der Waals surface area contributed by atoms with E-state index < -0.39 is 23.2 Å². The summed E-state index contributed by atoms with van der Waals surface area (Å²) >= 11 is 6.30. The van der Waals surface area contributed by atoms with Gasteiger partial charge in [-0.2, -0.15) is 0 Å². The van der Waals surface area contributed by atoms with Gasteiger partial charge in [0, 0.05) is 11.8 Å². The summed E-state index contributed by atoms with van der Waals surface area (Å²) in [6.45, 7) is 9.25. The average Bonchev–Trinajstić information content (AvgIpc) is 2.76. The van der Waals surface area contributed by atoms with Crippen molar-refractivity contribution in [2.45, 2.75) is 19.4 Å². The second-order valence-electron chi connectivity index (χ2n) is 7.42. The van der Waals surface area contributed by atoms with E-state index in [4.69, 9.17) is 29.6 Å². The standard InChI is InChI=1S/C23H18ClF2N7O/c1-3-16(30-21-19(29-2)20(27)31-23(28)32-21)17-7-11-5-4-6-15(24)18(11)22(34)33(17)14-9-12(25)8-13(26)10-14/h4-10,16H,3H2,1H3,(H5,27,28,30,31,32)/t16-/m0/s1. The fourth-order valence-corrected chi connectivity index (χ4v) is 4.04. The van der Waals surface area contributed by atoms with Crippen LogP contribution in [0.5, 0.6) is 0 Å². The number of benzene rings is 2. The molecule has 0 radical (unpaired) electrons. The van der Waals surface area contributed by atoms with Crippen LogP contribution in [0, 0.1) is 18.2 Å². The second-order valence-corrected chi connectivity index (χ2v) is 7.83. The van der Waals surface area contributed by atoms with Crippen molar-refractivity contribution in [3.8, 4) is 5.69 Å². The number of nitrogens with zero attached hydrogens (tertiary/aromatic N) is 4. The number of nitrogen functional groups attached to an aromatic ring is 2. The molecule has 172 valence electrons. The Bertz CT molecular complexity index is 1510. The first-order chi connectivity index (χ1) is 16.2. The maximum Gasteiger partial charge on any atom is 0.268 e. The monoisotopic (exact) mass is 481 g/mol. The molecule has 2 heterocycles. The number of nitrogens with two attached hydrogens (primary N) is 2. The lowest BCUT2D eigenvalue weighted by Gasteiger charge is -2.24. The predicted octanol–water partition coefficient (Wildman–Crippen LogP) is 4.99. The molecule has 11 heteroatoms. The molecule has 0 aliphatic carbocycles. The van der Waals surface area contributed by atoms with Crippen molar-refractivity contribution >= 4 is 45.6 Å². The Labute approximate surface area is 197 Å². The van der Waals surface area contributed by atoms with Gasteiger partial charge in [0.25, 0.3) is 11.2 Å². The summed E-state index contributed by atoms with van der Waals surface area (Å²) in [5, 5.41) is 4.02. The largest absolute Gasteiger partial charge is 0.392 e. The topological polar surface area (TPSA) is 116 Å². The third kappa shape index (κ3) is 4.09. The number of rotatable bonds is 5. The third-order valence-corrected chi connectivity index (χ3v) is 5.56. The molecule has 34 heavy (non-hydrogen) atoms. The van der Waals surface area contributed by atoms with Crippen molar-refractivity contribution in [2.75, 3.05) is 16.8 Å². The van der Waals surface area contributed by atoms with Gasteiger partial charge < -0.3 is 16.8 Å². The quantitative estimate of drug-likeness (QED) is 0.346. The van der Waals surface area contributed by atoms with Gasteiger partial charge >= 0.3 is 0 Å². The highest BCUT2D eigenvalue weighted by Crippen LogP contribution is 2.34. The summed E-state index contributed by atoms with van der Waals surface area (Å²) in [7, 11) is 0. The first kappa shape index (κ1) is 22.9.